The fourth-order valence-electron chi connectivity index (χ4n) is 2.17. The molecule has 0 saturated carbocycles. The van der Waals surface area contributed by atoms with Gasteiger partial charge in [0.1, 0.15) is 0 Å². The summed E-state index contributed by atoms with van der Waals surface area (Å²) in [7, 11) is 1.35. The van der Waals surface area contributed by atoms with Crippen molar-refractivity contribution in [2.24, 2.45) is 0 Å². The molecule has 0 N–H and O–H groups in total. The van der Waals surface area contributed by atoms with E-state index in [4.69, 9.17) is 6.11 Å². The summed E-state index contributed by atoms with van der Waals surface area (Å²) in [5, 5.41) is 0. The van der Waals surface area contributed by atoms with E-state index in [0.717, 1.165) is 5.56 Å². The van der Waals surface area contributed by atoms with Crippen LogP contribution < -0.4 is 0 Å². The van der Waals surface area contributed by atoms with E-state index >= 15 is 0 Å². The van der Waals surface area contributed by atoms with Crippen molar-refractivity contribution in [3.05, 3.63) is 66.5 Å². The minimum absolute atomic E-state index is 0.284. The fourth-order valence-corrected chi connectivity index (χ4v) is 2.17. The number of methoxy groups -OCH3 is 1. The lowest BCUT2D eigenvalue weighted by molar-refractivity contribution is 0.0604. The number of fused-ring (bicyclic) bond motifs is 1. The summed E-state index contributed by atoms with van der Waals surface area (Å²) >= 11 is 0. The molecule has 0 fully saturated rings. The number of aromatic nitrogens is 1. The van der Waals surface area contributed by atoms with Crippen LogP contribution in [0.3, 0.4) is 0 Å². The number of hydrogen-bond acceptors (Lipinski definition) is 2. The second-order valence-electron chi connectivity index (χ2n) is 4.18. The molecular weight excluding hydrogens is 238 g/mol. The molecule has 2 heterocycles. The number of ether oxygens (including phenoxy) is 1. The van der Waals surface area contributed by atoms with Gasteiger partial charge in [-0.05, 0) is 17.7 Å². The Balaban J connectivity index is 2.41. The maximum Gasteiger partial charge on any atom is 0.340 e. The number of esters is 1. The lowest BCUT2D eigenvalue weighted by Crippen LogP contribution is -2.02. The van der Waals surface area contributed by atoms with Gasteiger partial charge in [0.15, 0.2) is 0 Å². The Bertz CT molecular complexity index is 778. The largest absolute Gasteiger partial charge is 0.465 e. The number of benzene rings is 1. The predicted molar refractivity (Wildman–Crippen MR) is 74.2 cm³/mol. The number of rotatable bonds is 2. The molecule has 0 aliphatic carbocycles. The Morgan fingerprint density at radius 2 is 1.89 bits per heavy atom. The molecule has 3 rings (SSSR count). The van der Waals surface area contributed by atoms with E-state index in [-0.39, 0.29) is 6.17 Å². The summed E-state index contributed by atoms with van der Waals surface area (Å²) in [6.07, 6.45) is 2.06. The highest BCUT2D eigenvalue weighted by Crippen LogP contribution is 2.29. The van der Waals surface area contributed by atoms with Crippen LogP contribution in [0.25, 0.3) is 16.6 Å². The number of hydrogen-bond donors (Lipinski definition) is 0. The third-order valence-corrected chi connectivity index (χ3v) is 3.05. The highest BCUT2D eigenvalue weighted by atomic mass is 16.5. The van der Waals surface area contributed by atoms with Crippen LogP contribution in [-0.2, 0) is 4.74 Å². The second kappa shape index (κ2) is 4.61. The predicted octanol–water partition coefficient (Wildman–Crippen LogP) is 3.39. The van der Waals surface area contributed by atoms with Gasteiger partial charge >= 0.3 is 5.97 Å². The number of carbonyl (C=O) groups is 1. The van der Waals surface area contributed by atoms with Gasteiger partial charge in [0.05, 0.1) is 19.6 Å². The standard InChI is InChI=1S/C16H13NO2/c1-19-16(18)15-13(12-7-3-2-4-8-12)11-17-10-6-5-9-14(15)17/h2-11H,1H3/i11D. The van der Waals surface area contributed by atoms with Gasteiger partial charge in [0, 0.05) is 17.9 Å². The van der Waals surface area contributed by atoms with E-state index in [2.05, 4.69) is 0 Å². The smallest absolute Gasteiger partial charge is 0.340 e. The molecule has 3 heteroatoms. The average Bonchev–Trinajstić information content (AvgIpc) is 2.81. The van der Waals surface area contributed by atoms with E-state index in [1.807, 2.05) is 48.5 Å². The van der Waals surface area contributed by atoms with Gasteiger partial charge < -0.3 is 9.14 Å². The van der Waals surface area contributed by atoms with Gasteiger partial charge in [-0.3, -0.25) is 0 Å². The van der Waals surface area contributed by atoms with Crippen LogP contribution in [0.1, 0.15) is 11.7 Å². The summed E-state index contributed by atoms with van der Waals surface area (Å²) < 4.78 is 14.9. The Hall–Kier alpha value is -2.55. The van der Waals surface area contributed by atoms with Gasteiger partial charge in [-0.25, -0.2) is 4.79 Å². The Morgan fingerprint density at radius 1 is 1.16 bits per heavy atom. The molecule has 1 aromatic carbocycles. The molecule has 0 bridgehead atoms. The number of pyridine rings is 1. The SMILES string of the molecule is [2H]c1c(-c2ccccc2)c(C(=O)OC)c2ccccn12. The molecule has 0 amide bonds. The van der Waals surface area contributed by atoms with Crippen LogP contribution in [0.5, 0.6) is 0 Å². The molecule has 0 unspecified atom stereocenters. The van der Waals surface area contributed by atoms with E-state index < -0.39 is 5.97 Å². The van der Waals surface area contributed by atoms with Crippen LogP contribution in [0.4, 0.5) is 0 Å². The Kier molecular flexibility index (Phi) is 2.52. The minimum atomic E-state index is -0.425. The number of nitrogens with zero attached hydrogens (tertiary/aromatic N) is 1. The van der Waals surface area contributed by atoms with Gasteiger partial charge in [0.2, 0.25) is 0 Å². The first kappa shape index (κ1) is 10.4. The van der Waals surface area contributed by atoms with Crippen molar-refractivity contribution in [1.29, 1.82) is 0 Å². The van der Waals surface area contributed by atoms with E-state index in [9.17, 15) is 4.79 Å². The van der Waals surface area contributed by atoms with Crippen LogP contribution in [0.15, 0.2) is 60.9 Å². The molecule has 0 aliphatic heterocycles. The van der Waals surface area contributed by atoms with Crippen molar-refractivity contribution in [2.45, 2.75) is 0 Å². The maximum absolute atomic E-state index is 12.1. The third kappa shape index (κ3) is 1.89. The van der Waals surface area contributed by atoms with Gasteiger partial charge in [-0.2, -0.15) is 0 Å². The zero-order valence-electron chi connectivity index (χ0n) is 11.5. The molecule has 3 nitrogen and oxygen atoms in total. The van der Waals surface area contributed by atoms with Crippen molar-refractivity contribution in [3.63, 3.8) is 0 Å². The van der Waals surface area contributed by atoms with Crippen LogP contribution >= 0.6 is 0 Å². The molecule has 0 aliphatic rings. The average molecular weight is 252 g/mol. The Labute approximate surface area is 112 Å². The summed E-state index contributed by atoms with van der Waals surface area (Å²) in [5.74, 6) is -0.425. The first-order chi connectivity index (χ1) is 9.74. The van der Waals surface area contributed by atoms with Crippen LogP contribution in [-0.4, -0.2) is 17.5 Å². The lowest BCUT2D eigenvalue weighted by Gasteiger charge is -2.02. The van der Waals surface area contributed by atoms with E-state index in [1.165, 1.54) is 7.11 Å². The van der Waals surface area contributed by atoms with Crippen LogP contribution in [0.2, 0.25) is 0 Å². The third-order valence-electron chi connectivity index (χ3n) is 3.05. The van der Waals surface area contributed by atoms with Gasteiger partial charge in [-0.1, -0.05) is 36.4 Å². The number of carbonyl (C=O) groups excluding carboxylic acids is 1. The highest BCUT2D eigenvalue weighted by Gasteiger charge is 2.19. The molecule has 2 aromatic heterocycles. The molecule has 19 heavy (non-hydrogen) atoms. The van der Waals surface area contributed by atoms with E-state index in [0.29, 0.717) is 16.6 Å². The molecular formula is C16H13NO2. The molecule has 0 saturated heterocycles. The fraction of sp³-hybridized carbons (Fsp3) is 0.0625. The summed E-state index contributed by atoms with van der Waals surface area (Å²) in [4.78, 5) is 12.1. The van der Waals surface area contributed by atoms with Crippen molar-refractivity contribution < 1.29 is 10.9 Å². The van der Waals surface area contributed by atoms with Crippen molar-refractivity contribution in [1.82, 2.24) is 4.40 Å². The summed E-state index contributed by atoms with van der Waals surface area (Å²) in [5.41, 5.74) is 2.55. The highest BCUT2D eigenvalue weighted by molar-refractivity contribution is 6.04. The van der Waals surface area contributed by atoms with Crippen molar-refractivity contribution in [3.8, 4) is 11.1 Å². The van der Waals surface area contributed by atoms with Crippen molar-refractivity contribution in [2.75, 3.05) is 7.11 Å². The first-order valence-corrected chi connectivity index (χ1v) is 5.97. The zero-order chi connectivity index (χ0) is 14.1. The van der Waals surface area contributed by atoms with Gasteiger partial charge in [-0.15, -0.1) is 0 Å². The normalized spacial score (nSPS) is 11.3. The van der Waals surface area contributed by atoms with Gasteiger partial charge in [0.25, 0.3) is 0 Å². The monoisotopic (exact) mass is 252 g/mol. The molecule has 94 valence electrons. The molecule has 0 radical (unpaired) electrons. The minimum Gasteiger partial charge on any atom is -0.465 e. The molecule has 0 spiro atoms. The first-order valence-electron chi connectivity index (χ1n) is 6.47. The molecule has 3 aromatic rings. The zero-order valence-corrected chi connectivity index (χ0v) is 10.5. The maximum atomic E-state index is 12.1. The Morgan fingerprint density at radius 3 is 2.63 bits per heavy atom. The summed E-state index contributed by atoms with van der Waals surface area (Å²) in [6.45, 7) is 0. The lowest BCUT2D eigenvalue weighted by atomic mass is 10.0. The van der Waals surface area contributed by atoms with Crippen LogP contribution in [0, 0.1) is 0 Å². The molecule has 0 atom stereocenters. The quantitative estimate of drug-likeness (QED) is 0.654. The summed E-state index contributed by atoms with van der Waals surface area (Å²) in [6, 6.07) is 14.9. The second-order valence-corrected chi connectivity index (χ2v) is 4.18. The van der Waals surface area contributed by atoms with E-state index in [1.54, 1.807) is 10.6 Å². The topological polar surface area (TPSA) is 30.7 Å². The van der Waals surface area contributed by atoms with Crippen molar-refractivity contribution >= 4 is 11.5 Å².